The van der Waals surface area contributed by atoms with Gasteiger partial charge in [0.25, 0.3) is 9.04 Å². The Hall–Kier alpha value is -0.436. The Labute approximate surface area is 93.8 Å². The Morgan fingerprint density at radius 1 is 1.40 bits per heavy atom. The maximum absolute atomic E-state index is 11.0. The fourth-order valence-corrected chi connectivity index (χ4v) is 3.39. The lowest BCUT2D eigenvalue weighted by molar-refractivity contribution is -0.137. The van der Waals surface area contributed by atoms with Gasteiger partial charge in [0.05, 0.1) is 6.23 Å². The van der Waals surface area contributed by atoms with Crippen molar-refractivity contribution in [3.8, 4) is 0 Å². The number of esters is 1. The summed E-state index contributed by atoms with van der Waals surface area (Å²) in [6.07, 6.45) is 0.366. The minimum absolute atomic E-state index is 0.0564. The fraction of sp³-hybridized carbons (Fsp3) is 0.667. The highest BCUT2D eigenvalue weighted by Crippen LogP contribution is 2.02. The predicted octanol–water partition coefficient (Wildman–Crippen LogP) is 1.02. The largest absolute Gasteiger partial charge is 0.463 e. The molecule has 0 bridgehead atoms. The van der Waals surface area contributed by atoms with Crippen molar-refractivity contribution in [1.82, 2.24) is 0 Å². The summed E-state index contributed by atoms with van der Waals surface area (Å²) in [6, 6.07) is 0. The average molecular weight is 247 g/mol. The lowest BCUT2D eigenvalue weighted by Crippen LogP contribution is -2.36. The summed E-state index contributed by atoms with van der Waals surface area (Å²) in [6.45, 7) is 11.2. The third kappa shape index (κ3) is 8.55. The predicted molar refractivity (Wildman–Crippen MR) is 63.0 cm³/mol. The molecule has 4 nitrogen and oxygen atoms in total. The Balaban J connectivity index is 3.71. The number of ether oxygens (including phenoxy) is 1. The summed E-state index contributed by atoms with van der Waals surface area (Å²) in [7, 11) is -3.31. The molecule has 0 aromatic carbocycles. The van der Waals surface area contributed by atoms with Crippen LogP contribution in [0.4, 0.5) is 0 Å². The van der Waals surface area contributed by atoms with Crippen molar-refractivity contribution in [2.24, 2.45) is 0 Å². The van der Waals surface area contributed by atoms with Crippen LogP contribution in [-0.4, -0.2) is 40.6 Å². The second-order valence-electron chi connectivity index (χ2n) is 4.32. The Morgan fingerprint density at radius 2 is 1.93 bits per heavy atom. The maximum Gasteiger partial charge on any atom is 0.332 e. The van der Waals surface area contributed by atoms with Crippen molar-refractivity contribution >= 4 is 23.3 Å². The van der Waals surface area contributed by atoms with Crippen LogP contribution in [0.5, 0.6) is 0 Å². The van der Waals surface area contributed by atoms with Gasteiger partial charge >= 0.3 is 5.97 Å². The highest BCUT2D eigenvalue weighted by Gasteiger charge is 2.19. The first-order valence-corrected chi connectivity index (χ1v) is 9.99. The average Bonchev–Trinajstić information content (AvgIpc) is 2.09. The standard InChI is InChI=1S/C9H19O4Si2/c1-8(2)9(10)12-6-14(11)7-13-15(3,4)5/h11H,1,6-7H2,2-5H3. The molecule has 0 fully saturated rings. The van der Waals surface area contributed by atoms with Gasteiger partial charge in [0, 0.05) is 5.57 Å². The molecular formula is C9H19O4Si2. The van der Waals surface area contributed by atoms with Crippen molar-refractivity contribution < 1.29 is 18.8 Å². The summed E-state index contributed by atoms with van der Waals surface area (Å²) in [5.74, 6) is -0.459. The number of rotatable bonds is 6. The normalized spacial score (nSPS) is 11.6. The van der Waals surface area contributed by atoms with E-state index in [1.54, 1.807) is 6.92 Å². The van der Waals surface area contributed by atoms with E-state index in [1.807, 2.05) is 19.6 Å². The first kappa shape index (κ1) is 14.6. The van der Waals surface area contributed by atoms with Crippen LogP contribution < -0.4 is 0 Å². The Kier molecular flexibility index (Phi) is 6.03. The van der Waals surface area contributed by atoms with Crippen molar-refractivity contribution in [3.63, 3.8) is 0 Å². The van der Waals surface area contributed by atoms with Crippen LogP contribution in [0.1, 0.15) is 6.92 Å². The lowest BCUT2D eigenvalue weighted by Gasteiger charge is -2.18. The summed E-state index contributed by atoms with van der Waals surface area (Å²) < 4.78 is 10.3. The number of hydrogen-bond donors (Lipinski definition) is 1. The van der Waals surface area contributed by atoms with E-state index in [9.17, 15) is 9.59 Å². The molecule has 0 aliphatic carbocycles. The Morgan fingerprint density at radius 3 is 2.33 bits per heavy atom. The molecule has 0 saturated carbocycles. The molecule has 0 rings (SSSR count). The van der Waals surface area contributed by atoms with Gasteiger partial charge in [-0.25, -0.2) is 4.79 Å². The van der Waals surface area contributed by atoms with Gasteiger partial charge < -0.3 is 14.0 Å². The van der Waals surface area contributed by atoms with Crippen molar-refractivity contribution in [3.05, 3.63) is 12.2 Å². The smallest absolute Gasteiger partial charge is 0.332 e. The lowest BCUT2D eigenvalue weighted by atomic mass is 10.4. The van der Waals surface area contributed by atoms with Gasteiger partial charge in [-0.05, 0) is 26.6 Å². The van der Waals surface area contributed by atoms with Gasteiger partial charge in [-0.2, -0.15) is 0 Å². The second-order valence-corrected chi connectivity index (χ2v) is 10.5. The molecule has 0 unspecified atom stereocenters. The molecule has 0 atom stereocenters. The zero-order valence-corrected chi connectivity index (χ0v) is 11.8. The highest BCUT2D eigenvalue weighted by atomic mass is 28.4. The number of carbonyl (C=O) groups is 1. The summed E-state index contributed by atoms with van der Waals surface area (Å²) in [5, 5.41) is 0. The van der Waals surface area contributed by atoms with Crippen molar-refractivity contribution in [2.45, 2.75) is 26.6 Å². The van der Waals surface area contributed by atoms with Gasteiger partial charge in [-0.15, -0.1) is 0 Å². The van der Waals surface area contributed by atoms with E-state index in [1.165, 1.54) is 0 Å². The first-order chi connectivity index (χ1) is 6.72. The van der Waals surface area contributed by atoms with Crippen LogP contribution in [0.2, 0.25) is 19.6 Å². The Bertz CT molecular complexity index is 235. The van der Waals surface area contributed by atoms with Crippen LogP contribution >= 0.6 is 0 Å². The van der Waals surface area contributed by atoms with Gasteiger partial charge in [-0.3, -0.25) is 0 Å². The van der Waals surface area contributed by atoms with Crippen LogP contribution in [0, 0.1) is 0 Å². The first-order valence-electron chi connectivity index (χ1n) is 4.72. The summed E-state index contributed by atoms with van der Waals surface area (Å²) >= 11 is 0. The van der Waals surface area contributed by atoms with Crippen LogP contribution in [0.15, 0.2) is 12.2 Å². The van der Waals surface area contributed by atoms with E-state index in [-0.39, 0.29) is 6.23 Å². The highest BCUT2D eigenvalue weighted by molar-refractivity contribution is 6.70. The molecule has 87 valence electrons. The molecule has 0 amide bonds. The molecule has 0 heterocycles. The quantitative estimate of drug-likeness (QED) is 0.432. The topological polar surface area (TPSA) is 55.8 Å². The zero-order valence-electron chi connectivity index (χ0n) is 9.79. The molecule has 0 aromatic rings. The molecule has 0 aliphatic rings. The maximum atomic E-state index is 11.0. The fourth-order valence-electron chi connectivity index (χ4n) is 0.614. The molecule has 15 heavy (non-hydrogen) atoms. The molecule has 1 radical (unpaired) electrons. The van der Waals surface area contributed by atoms with Crippen LogP contribution in [0.3, 0.4) is 0 Å². The van der Waals surface area contributed by atoms with E-state index in [0.717, 1.165) is 0 Å². The molecule has 0 aliphatic heterocycles. The zero-order chi connectivity index (χ0) is 12.1. The van der Waals surface area contributed by atoms with Crippen molar-refractivity contribution in [2.75, 3.05) is 12.5 Å². The van der Waals surface area contributed by atoms with E-state index < -0.39 is 23.3 Å². The minimum atomic E-state index is -1.72. The minimum Gasteiger partial charge on any atom is -0.463 e. The third-order valence-corrected chi connectivity index (χ3v) is 3.64. The van der Waals surface area contributed by atoms with Crippen molar-refractivity contribution in [1.29, 1.82) is 0 Å². The van der Waals surface area contributed by atoms with E-state index in [0.29, 0.717) is 11.8 Å². The molecule has 0 saturated heterocycles. The van der Waals surface area contributed by atoms with Gasteiger partial charge in [0.1, 0.15) is 6.23 Å². The summed E-state index contributed by atoms with van der Waals surface area (Å²) in [5.41, 5.74) is 0.343. The van der Waals surface area contributed by atoms with Crippen LogP contribution in [0.25, 0.3) is 0 Å². The van der Waals surface area contributed by atoms with Gasteiger partial charge in [0.15, 0.2) is 8.32 Å². The monoisotopic (exact) mass is 247 g/mol. The third-order valence-electron chi connectivity index (χ3n) is 1.39. The molecule has 0 spiro atoms. The molecule has 0 aromatic heterocycles. The summed E-state index contributed by atoms with van der Waals surface area (Å²) in [4.78, 5) is 20.5. The number of hydrogen-bond acceptors (Lipinski definition) is 4. The molecule has 1 N–H and O–H groups in total. The number of carbonyl (C=O) groups excluding carboxylic acids is 1. The van der Waals surface area contributed by atoms with Gasteiger partial charge in [-0.1, -0.05) is 6.58 Å². The molecule has 6 heteroatoms. The van der Waals surface area contributed by atoms with Crippen LogP contribution in [-0.2, 0) is 14.0 Å². The van der Waals surface area contributed by atoms with Gasteiger partial charge in [0.2, 0.25) is 0 Å². The SMILES string of the molecule is C=C(C)C(=O)OC[Si](O)CO[Si](C)(C)C. The molecular weight excluding hydrogens is 228 g/mol. The van der Waals surface area contributed by atoms with E-state index in [2.05, 4.69) is 6.58 Å². The van der Waals surface area contributed by atoms with E-state index >= 15 is 0 Å². The second kappa shape index (κ2) is 6.21. The van der Waals surface area contributed by atoms with E-state index in [4.69, 9.17) is 9.16 Å².